The van der Waals surface area contributed by atoms with E-state index in [0.717, 1.165) is 30.9 Å². The van der Waals surface area contributed by atoms with Gasteiger partial charge in [-0.2, -0.15) is 5.10 Å². The van der Waals surface area contributed by atoms with Gasteiger partial charge in [0.15, 0.2) is 0 Å². The Hall–Kier alpha value is -3.28. The van der Waals surface area contributed by atoms with Crippen molar-refractivity contribution < 1.29 is 32.2 Å². The van der Waals surface area contributed by atoms with Crippen molar-refractivity contribution in [2.45, 2.75) is 51.3 Å². The number of halogens is 4. The van der Waals surface area contributed by atoms with Gasteiger partial charge in [0.1, 0.15) is 11.6 Å². The third kappa shape index (κ3) is 8.35. The number of hydrogen-bond acceptors (Lipinski definition) is 7. The molecule has 4 rings (SSSR count). The van der Waals surface area contributed by atoms with Gasteiger partial charge < -0.3 is 19.5 Å². The van der Waals surface area contributed by atoms with Crippen LogP contribution in [-0.2, 0) is 35.8 Å². The average molecular weight is 611 g/mol. The number of anilines is 1. The predicted molar refractivity (Wildman–Crippen MR) is 142 cm³/mol. The number of hydrogen-bond donors (Lipinski definition) is 1. The van der Waals surface area contributed by atoms with Crippen LogP contribution in [0.2, 0.25) is 0 Å². The minimum absolute atomic E-state index is 0.0411. The topological polar surface area (TPSA) is 87.5 Å². The molecule has 0 spiro atoms. The van der Waals surface area contributed by atoms with Gasteiger partial charge in [-0.3, -0.25) is 4.79 Å². The van der Waals surface area contributed by atoms with Crippen LogP contribution in [0.25, 0.3) is 0 Å². The van der Waals surface area contributed by atoms with Crippen LogP contribution in [0.15, 0.2) is 40.9 Å². The summed E-state index contributed by atoms with van der Waals surface area (Å²) >= 11 is 3.24. The lowest BCUT2D eigenvalue weighted by atomic mass is 9.91. The maximum absolute atomic E-state index is 12.8. The number of fused-ring (bicyclic) bond motifs is 1. The zero-order chi connectivity index (χ0) is 28.0. The molecule has 1 N–H and O–H groups in total. The Kier molecular flexibility index (Phi) is 9.36. The number of pyridine rings is 1. The Bertz CT molecular complexity index is 1300. The highest BCUT2D eigenvalue weighted by Gasteiger charge is 2.32. The van der Waals surface area contributed by atoms with Gasteiger partial charge in [-0.15, -0.1) is 13.2 Å². The Balaban J connectivity index is 1.46. The van der Waals surface area contributed by atoms with Crippen LogP contribution in [0.3, 0.4) is 0 Å². The van der Waals surface area contributed by atoms with Gasteiger partial charge in [0.05, 0.1) is 25.3 Å². The number of benzene rings is 1. The summed E-state index contributed by atoms with van der Waals surface area (Å²) in [4.78, 5) is 17.0. The minimum Gasteiger partial charge on any atom is -0.477 e. The SMILES string of the molecule is CCOC(=O)CC(Cc1cc(OCCc2ccc3c(n2)NCCC3)n(C)n1)c1cc(Br)cc(OC(F)(F)F)c1. The van der Waals surface area contributed by atoms with E-state index in [1.165, 1.54) is 17.7 Å². The highest BCUT2D eigenvalue weighted by atomic mass is 79.9. The third-order valence-electron chi connectivity index (χ3n) is 6.22. The molecule has 210 valence electrons. The summed E-state index contributed by atoms with van der Waals surface area (Å²) in [6.45, 7) is 3.20. The zero-order valence-corrected chi connectivity index (χ0v) is 23.3. The van der Waals surface area contributed by atoms with E-state index < -0.39 is 18.2 Å². The molecular weight excluding hydrogens is 581 g/mol. The molecule has 0 radical (unpaired) electrons. The molecular formula is C27H30BrF3N4O4. The lowest BCUT2D eigenvalue weighted by molar-refractivity contribution is -0.274. The second-order valence-corrected chi connectivity index (χ2v) is 10.1. The first-order chi connectivity index (χ1) is 18.6. The fourth-order valence-electron chi connectivity index (χ4n) is 4.50. The van der Waals surface area contributed by atoms with E-state index >= 15 is 0 Å². The van der Waals surface area contributed by atoms with Crippen molar-refractivity contribution in [1.29, 1.82) is 0 Å². The molecule has 1 aromatic carbocycles. The molecule has 3 aromatic rings. The number of ether oxygens (including phenoxy) is 3. The molecule has 0 bridgehead atoms. The molecule has 8 nitrogen and oxygen atoms in total. The maximum atomic E-state index is 12.8. The zero-order valence-electron chi connectivity index (χ0n) is 21.7. The fraction of sp³-hybridized carbons (Fsp3) is 0.444. The van der Waals surface area contributed by atoms with Gasteiger partial charge >= 0.3 is 12.3 Å². The molecule has 0 fully saturated rings. The number of carbonyl (C=O) groups excluding carboxylic acids is 1. The molecule has 1 aliphatic heterocycles. The van der Waals surface area contributed by atoms with Crippen molar-refractivity contribution in [2.24, 2.45) is 7.05 Å². The highest BCUT2D eigenvalue weighted by molar-refractivity contribution is 9.10. The summed E-state index contributed by atoms with van der Waals surface area (Å²) in [6.07, 6.45) is -1.87. The molecule has 1 unspecified atom stereocenters. The number of carbonyl (C=O) groups is 1. The van der Waals surface area contributed by atoms with E-state index in [9.17, 15) is 18.0 Å². The first-order valence-electron chi connectivity index (χ1n) is 12.7. The Morgan fingerprint density at radius 1 is 1.21 bits per heavy atom. The van der Waals surface area contributed by atoms with Crippen LogP contribution in [0.4, 0.5) is 19.0 Å². The van der Waals surface area contributed by atoms with Crippen LogP contribution in [0, 0.1) is 0 Å². The molecule has 39 heavy (non-hydrogen) atoms. The fourth-order valence-corrected chi connectivity index (χ4v) is 4.99. The highest BCUT2D eigenvalue weighted by Crippen LogP contribution is 2.33. The number of aryl methyl sites for hydroxylation is 2. The van der Waals surface area contributed by atoms with Gasteiger partial charge in [-0.05, 0) is 61.6 Å². The molecule has 0 saturated carbocycles. The van der Waals surface area contributed by atoms with Gasteiger partial charge in [0, 0.05) is 42.2 Å². The Morgan fingerprint density at radius 3 is 2.79 bits per heavy atom. The van der Waals surface area contributed by atoms with Gasteiger partial charge in [0.2, 0.25) is 5.88 Å². The van der Waals surface area contributed by atoms with Crippen molar-refractivity contribution in [1.82, 2.24) is 14.8 Å². The number of aromatic nitrogens is 3. The summed E-state index contributed by atoms with van der Waals surface area (Å²) in [5.74, 6) is 0.126. The third-order valence-corrected chi connectivity index (χ3v) is 6.68. The molecule has 0 amide bonds. The van der Waals surface area contributed by atoms with E-state index in [-0.39, 0.29) is 25.2 Å². The number of nitrogens with one attached hydrogen (secondary N) is 1. The van der Waals surface area contributed by atoms with E-state index in [4.69, 9.17) is 9.47 Å². The normalized spacial score (nSPS) is 13.8. The van der Waals surface area contributed by atoms with E-state index in [0.29, 0.717) is 34.6 Å². The number of alkyl halides is 3. The van der Waals surface area contributed by atoms with Gasteiger partial charge in [0.25, 0.3) is 0 Å². The summed E-state index contributed by atoms with van der Waals surface area (Å²) in [5.41, 5.74) is 3.25. The predicted octanol–water partition coefficient (Wildman–Crippen LogP) is 5.74. The summed E-state index contributed by atoms with van der Waals surface area (Å²) in [5, 5.41) is 7.84. The van der Waals surface area contributed by atoms with Gasteiger partial charge in [-0.25, -0.2) is 9.67 Å². The summed E-state index contributed by atoms with van der Waals surface area (Å²) < 4.78 is 55.7. The van der Waals surface area contributed by atoms with Crippen molar-refractivity contribution >= 4 is 27.7 Å². The van der Waals surface area contributed by atoms with E-state index in [1.807, 2.05) is 6.07 Å². The van der Waals surface area contributed by atoms with Crippen LogP contribution in [-0.4, -0.2) is 46.9 Å². The largest absolute Gasteiger partial charge is 0.573 e. The molecule has 1 aliphatic rings. The average Bonchev–Trinajstić information content (AvgIpc) is 3.21. The molecule has 1 atom stereocenters. The van der Waals surface area contributed by atoms with E-state index in [1.54, 1.807) is 30.8 Å². The molecule has 12 heteroatoms. The molecule has 0 aliphatic carbocycles. The molecule has 2 aromatic heterocycles. The lowest BCUT2D eigenvalue weighted by Gasteiger charge is -2.18. The summed E-state index contributed by atoms with van der Waals surface area (Å²) in [6, 6.07) is 10.0. The summed E-state index contributed by atoms with van der Waals surface area (Å²) in [7, 11) is 1.74. The number of rotatable bonds is 11. The van der Waals surface area contributed by atoms with Crippen molar-refractivity contribution in [3.63, 3.8) is 0 Å². The van der Waals surface area contributed by atoms with Crippen molar-refractivity contribution in [3.05, 3.63) is 63.4 Å². The Labute approximate surface area is 233 Å². The second-order valence-electron chi connectivity index (χ2n) is 9.21. The smallest absolute Gasteiger partial charge is 0.477 e. The molecule has 3 heterocycles. The first kappa shape index (κ1) is 28.7. The second kappa shape index (κ2) is 12.7. The monoisotopic (exact) mass is 610 g/mol. The van der Waals surface area contributed by atoms with Crippen LogP contribution >= 0.6 is 15.9 Å². The first-order valence-corrected chi connectivity index (χ1v) is 13.5. The minimum atomic E-state index is -4.84. The van der Waals surface area contributed by atoms with Crippen LogP contribution in [0.1, 0.15) is 48.2 Å². The Morgan fingerprint density at radius 2 is 2.03 bits per heavy atom. The van der Waals surface area contributed by atoms with Gasteiger partial charge in [-0.1, -0.05) is 22.0 Å². The number of nitrogens with zero attached hydrogens (tertiary/aromatic N) is 3. The van der Waals surface area contributed by atoms with E-state index in [2.05, 4.69) is 42.1 Å². The lowest BCUT2D eigenvalue weighted by Crippen LogP contribution is -2.18. The van der Waals surface area contributed by atoms with Crippen LogP contribution < -0.4 is 14.8 Å². The van der Waals surface area contributed by atoms with Crippen LogP contribution in [0.5, 0.6) is 11.6 Å². The standard InChI is InChI=1S/C27H30BrF3N4O4/c1-3-37-25(36)14-19(18-11-20(28)15-23(13-18)39-27(29,30)31)12-22-16-24(35(2)34-22)38-10-8-21-7-6-17-5-4-9-32-26(17)33-21/h6-7,11,13,15-16,19H,3-5,8-10,12,14H2,1-2H3,(H,32,33). The quantitative estimate of drug-likeness (QED) is 0.277. The maximum Gasteiger partial charge on any atom is 0.573 e. The molecule has 0 saturated heterocycles. The van der Waals surface area contributed by atoms with Crippen molar-refractivity contribution in [3.8, 4) is 11.6 Å². The van der Waals surface area contributed by atoms with Crippen molar-refractivity contribution in [2.75, 3.05) is 25.1 Å². The number of esters is 1.